The number of amides is 1. The van der Waals surface area contributed by atoms with Gasteiger partial charge in [0.2, 0.25) is 0 Å². The third kappa shape index (κ3) is 3.64. The molecule has 1 aromatic rings. The zero-order valence-electron chi connectivity index (χ0n) is 9.41. The van der Waals surface area contributed by atoms with Gasteiger partial charge in [0.25, 0.3) is 5.91 Å². The van der Waals surface area contributed by atoms with E-state index in [1.165, 1.54) is 12.1 Å². The van der Waals surface area contributed by atoms with Crippen molar-refractivity contribution in [2.24, 2.45) is 0 Å². The lowest BCUT2D eigenvalue weighted by molar-refractivity contribution is -0.155. The Hall–Kier alpha value is -1.22. The first-order valence-electron chi connectivity index (χ1n) is 4.93. The van der Waals surface area contributed by atoms with Crippen LogP contribution in [0, 0.1) is 9.39 Å². The van der Waals surface area contributed by atoms with Crippen LogP contribution in [0.2, 0.25) is 0 Å². The maximum Gasteiger partial charge on any atom is 0.337 e. The topological polar surface area (TPSA) is 86.6 Å². The third-order valence-electron chi connectivity index (χ3n) is 2.23. The molecule has 1 atom stereocenters. The highest BCUT2D eigenvalue weighted by Gasteiger charge is 2.30. The maximum absolute atomic E-state index is 12.8. The van der Waals surface area contributed by atoms with Gasteiger partial charge >= 0.3 is 5.97 Å². The number of hydrogen-bond donors (Lipinski definition) is 3. The Labute approximate surface area is 116 Å². The minimum Gasteiger partial charge on any atom is -0.479 e. The zero-order valence-corrected chi connectivity index (χ0v) is 11.6. The summed E-state index contributed by atoms with van der Waals surface area (Å²) in [7, 11) is 0. The summed E-state index contributed by atoms with van der Waals surface area (Å²) in [6.07, 6.45) is 0. The van der Waals surface area contributed by atoms with Crippen LogP contribution in [0.25, 0.3) is 0 Å². The quantitative estimate of drug-likeness (QED) is 0.693. The standard InChI is InChI=1S/C11H11FINO4/c1-11(18,10(16)17)5-14-9(15)7-3-2-6(12)4-8(7)13/h2-4,18H,5H2,1H3,(H,14,15)(H,16,17). The molecular formula is C11H11FINO4. The third-order valence-corrected chi connectivity index (χ3v) is 3.12. The maximum atomic E-state index is 12.8. The molecule has 98 valence electrons. The van der Waals surface area contributed by atoms with E-state index in [0.717, 1.165) is 13.0 Å². The monoisotopic (exact) mass is 367 g/mol. The summed E-state index contributed by atoms with van der Waals surface area (Å²) in [6.45, 7) is 0.639. The summed E-state index contributed by atoms with van der Waals surface area (Å²) in [5, 5.41) is 20.4. The predicted molar refractivity (Wildman–Crippen MR) is 69.7 cm³/mol. The highest BCUT2D eigenvalue weighted by atomic mass is 127. The van der Waals surface area contributed by atoms with Gasteiger partial charge in [0.05, 0.1) is 12.1 Å². The van der Waals surface area contributed by atoms with Crippen LogP contribution in [0.4, 0.5) is 4.39 Å². The molecular weight excluding hydrogens is 356 g/mol. The van der Waals surface area contributed by atoms with Gasteiger partial charge in [-0.3, -0.25) is 4.79 Å². The second-order valence-electron chi connectivity index (χ2n) is 3.89. The van der Waals surface area contributed by atoms with Gasteiger partial charge in [-0.15, -0.1) is 0 Å². The molecule has 1 aromatic carbocycles. The first-order chi connectivity index (χ1) is 8.24. The normalized spacial score (nSPS) is 13.8. The van der Waals surface area contributed by atoms with Crippen LogP contribution in [-0.2, 0) is 4.79 Å². The van der Waals surface area contributed by atoms with E-state index in [2.05, 4.69) is 5.32 Å². The molecule has 0 saturated carbocycles. The smallest absolute Gasteiger partial charge is 0.337 e. The van der Waals surface area contributed by atoms with Crippen LogP contribution in [0.3, 0.4) is 0 Å². The van der Waals surface area contributed by atoms with E-state index in [-0.39, 0.29) is 5.56 Å². The SMILES string of the molecule is CC(O)(CNC(=O)c1ccc(F)cc1I)C(=O)O. The Balaban J connectivity index is 2.75. The summed E-state index contributed by atoms with van der Waals surface area (Å²) in [5.41, 5.74) is -1.82. The molecule has 18 heavy (non-hydrogen) atoms. The second-order valence-corrected chi connectivity index (χ2v) is 5.05. The second kappa shape index (κ2) is 5.61. The molecule has 0 bridgehead atoms. The fourth-order valence-electron chi connectivity index (χ4n) is 1.10. The molecule has 0 heterocycles. The average Bonchev–Trinajstić information content (AvgIpc) is 2.25. The summed E-state index contributed by atoms with van der Waals surface area (Å²) in [4.78, 5) is 22.3. The van der Waals surface area contributed by atoms with Crippen molar-refractivity contribution in [3.8, 4) is 0 Å². The average molecular weight is 367 g/mol. The van der Waals surface area contributed by atoms with Crippen molar-refractivity contribution in [1.29, 1.82) is 0 Å². The fourth-order valence-corrected chi connectivity index (χ4v) is 1.82. The molecule has 3 N–H and O–H groups in total. The highest BCUT2D eigenvalue weighted by Crippen LogP contribution is 2.14. The van der Waals surface area contributed by atoms with Gasteiger partial charge in [-0.05, 0) is 47.7 Å². The Bertz CT molecular complexity index is 490. The number of rotatable bonds is 4. The van der Waals surface area contributed by atoms with Gasteiger partial charge in [-0.2, -0.15) is 0 Å². The van der Waals surface area contributed by atoms with E-state index in [0.29, 0.717) is 3.57 Å². The number of halogens is 2. The zero-order chi connectivity index (χ0) is 13.9. The number of aliphatic carboxylic acids is 1. The van der Waals surface area contributed by atoms with Crippen molar-refractivity contribution in [2.75, 3.05) is 6.54 Å². The van der Waals surface area contributed by atoms with Crippen molar-refractivity contribution in [2.45, 2.75) is 12.5 Å². The van der Waals surface area contributed by atoms with Gasteiger partial charge < -0.3 is 15.5 Å². The van der Waals surface area contributed by atoms with E-state index in [1.807, 2.05) is 0 Å². The molecule has 0 aliphatic rings. The minimum atomic E-state index is -2.04. The van der Waals surface area contributed by atoms with E-state index in [1.54, 1.807) is 22.6 Å². The van der Waals surface area contributed by atoms with Crippen molar-refractivity contribution < 1.29 is 24.2 Å². The number of carbonyl (C=O) groups excluding carboxylic acids is 1. The first kappa shape index (κ1) is 14.8. The largest absolute Gasteiger partial charge is 0.479 e. The molecule has 0 radical (unpaired) electrons. The lowest BCUT2D eigenvalue weighted by atomic mass is 10.1. The number of hydrogen-bond acceptors (Lipinski definition) is 3. The number of aliphatic hydroxyl groups is 1. The molecule has 1 unspecified atom stereocenters. The van der Waals surface area contributed by atoms with Crippen molar-refractivity contribution in [3.63, 3.8) is 0 Å². The first-order valence-corrected chi connectivity index (χ1v) is 6.01. The summed E-state index contributed by atoms with van der Waals surface area (Å²) in [6, 6.07) is 3.61. The summed E-state index contributed by atoms with van der Waals surface area (Å²) >= 11 is 1.80. The van der Waals surface area contributed by atoms with Crippen molar-refractivity contribution in [3.05, 3.63) is 33.1 Å². The summed E-state index contributed by atoms with van der Waals surface area (Å²) < 4.78 is 13.2. The van der Waals surface area contributed by atoms with Gasteiger partial charge in [-0.1, -0.05) is 0 Å². The molecule has 0 aliphatic carbocycles. The Morgan fingerprint density at radius 2 is 2.11 bits per heavy atom. The minimum absolute atomic E-state index is 0.221. The van der Waals surface area contributed by atoms with Crippen LogP contribution >= 0.6 is 22.6 Å². The number of carbonyl (C=O) groups is 2. The fraction of sp³-hybridized carbons (Fsp3) is 0.273. The van der Waals surface area contributed by atoms with Gasteiger partial charge in [0, 0.05) is 3.57 Å². The molecule has 1 rings (SSSR count). The van der Waals surface area contributed by atoms with Crippen LogP contribution in [0.5, 0.6) is 0 Å². The highest BCUT2D eigenvalue weighted by molar-refractivity contribution is 14.1. The van der Waals surface area contributed by atoms with Crippen LogP contribution in [0.1, 0.15) is 17.3 Å². The predicted octanol–water partition coefficient (Wildman–Crippen LogP) is 0.996. The molecule has 0 aliphatic heterocycles. The molecule has 1 amide bonds. The van der Waals surface area contributed by atoms with Gasteiger partial charge in [-0.25, -0.2) is 9.18 Å². The Morgan fingerprint density at radius 1 is 1.50 bits per heavy atom. The number of nitrogens with one attached hydrogen (secondary N) is 1. The molecule has 7 heteroatoms. The van der Waals surface area contributed by atoms with Gasteiger partial charge in [0.1, 0.15) is 5.82 Å². The van der Waals surface area contributed by atoms with Crippen LogP contribution in [0.15, 0.2) is 18.2 Å². The molecule has 0 aromatic heterocycles. The van der Waals surface area contributed by atoms with Crippen LogP contribution < -0.4 is 5.32 Å². The van der Waals surface area contributed by atoms with E-state index in [4.69, 9.17) is 5.11 Å². The lowest BCUT2D eigenvalue weighted by Gasteiger charge is -2.18. The van der Waals surface area contributed by atoms with Crippen molar-refractivity contribution >= 4 is 34.5 Å². The molecule has 0 saturated heterocycles. The van der Waals surface area contributed by atoms with Gasteiger partial charge in [0.15, 0.2) is 5.60 Å². The van der Waals surface area contributed by atoms with E-state index < -0.39 is 29.8 Å². The number of carboxylic acid groups (broad SMARTS) is 1. The number of benzene rings is 1. The Morgan fingerprint density at radius 3 is 2.61 bits per heavy atom. The molecule has 5 nitrogen and oxygen atoms in total. The van der Waals surface area contributed by atoms with Crippen LogP contribution in [-0.4, -0.2) is 34.2 Å². The van der Waals surface area contributed by atoms with E-state index in [9.17, 15) is 19.1 Å². The number of carboxylic acids is 1. The summed E-state index contributed by atoms with van der Waals surface area (Å²) in [5.74, 6) is -2.47. The van der Waals surface area contributed by atoms with E-state index >= 15 is 0 Å². The van der Waals surface area contributed by atoms with Crippen molar-refractivity contribution in [1.82, 2.24) is 5.32 Å². The Kier molecular flexibility index (Phi) is 4.63. The molecule has 0 fully saturated rings. The lowest BCUT2D eigenvalue weighted by Crippen LogP contribution is -2.46. The molecule has 0 spiro atoms.